The molecule has 0 fully saturated rings. The topological polar surface area (TPSA) is 105 Å². The summed E-state index contributed by atoms with van der Waals surface area (Å²) in [5, 5.41) is 26.6. The van der Waals surface area contributed by atoms with Crippen molar-refractivity contribution in [2.75, 3.05) is 23.3 Å². The molecular formula is C84H118N4O4. The Morgan fingerprint density at radius 3 is 1.51 bits per heavy atom. The van der Waals surface area contributed by atoms with E-state index in [1.165, 1.54) is 0 Å². The summed E-state index contributed by atoms with van der Waals surface area (Å²) in [5.41, 5.74) is 4.59. The number of rotatable bonds is 26. The molecule has 0 bridgehead atoms. The number of ketones is 1. The van der Waals surface area contributed by atoms with Gasteiger partial charge in [0.25, 0.3) is 0 Å². The van der Waals surface area contributed by atoms with Gasteiger partial charge < -0.3 is 20.6 Å². The monoisotopic (exact) mass is 1250 g/mol. The van der Waals surface area contributed by atoms with Gasteiger partial charge in [0.15, 0.2) is 12.3 Å². The summed E-state index contributed by atoms with van der Waals surface area (Å²) in [6.07, 6.45) is 15.8. The minimum Gasteiger partial charge on any atom is -0.871 e. The molecule has 6 atom stereocenters. The minimum atomic E-state index is -0.755. The highest BCUT2D eigenvalue weighted by molar-refractivity contribution is 6.40. The van der Waals surface area contributed by atoms with Gasteiger partial charge in [0.05, 0.1) is 11.4 Å². The lowest BCUT2D eigenvalue weighted by Gasteiger charge is -2.37. The first-order chi connectivity index (χ1) is 42.8. The number of fused-ring (bicyclic) bond motifs is 2. The average molecular weight is 1250 g/mol. The van der Waals surface area contributed by atoms with Crippen molar-refractivity contribution in [1.29, 1.82) is 0 Å². The number of hydrogen-bond donors (Lipinski definition) is 2. The third kappa shape index (κ3) is 19.3. The predicted octanol–water partition coefficient (Wildman–Crippen LogP) is 21.3. The van der Waals surface area contributed by atoms with E-state index in [9.17, 15) is 9.59 Å². The van der Waals surface area contributed by atoms with Crippen LogP contribution in [0.15, 0.2) is 144 Å². The van der Waals surface area contributed by atoms with E-state index >= 15 is 9.90 Å². The highest BCUT2D eigenvalue weighted by Crippen LogP contribution is 2.46. The van der Waals surface area contributed by atoms with E-state index in [1.54, 1.807) is 0 Å². The maximum atomic E-state index is 15.4. The third-order valence-corrected chi connectivity index (χ3v) is 20.0. The Balaban J connectivity index is 1.42. The number of hydrogen-bond acceptors (Lipinski definition) is 5. The van der Waals surface area contributed by atoms with Crippen molar-refractivity contribution in [3.05, 3.63) is 150 Å². The van der Waals surface area contributed by atoms with E-state index in [1.807, 2.05) is 78.0 Å². The normalized spacial score (nSPS) is 17.8. The summed E-state index contributed by atoms with van der Waals surface area (Å²) in [4.78, 5) is 47.0. The number of nitrogens with zero attached hydrogens (tertiary/aromatic N) is 2. The number of allylic oxidation sites excluding steroid dienone is 5. The fourth-order valence-electron chi connectivity index (χ4n) is 14.4. The van der Waals surface area contributed by atoms with E-state index < -0.39 is 22.4 Å². The van der Waals surface area contributed by atoms with E-state index in [2.05, 4.69) is 216 Å². The lowest BCUT2D eigenvalue weighted by molar-refractivity contribution is -0.450. The summed E-state index contributed by atoms with van der Waals surface area (Å²) >= 11 is 0. The number of anilines is 3. The van der Waals surface area contributed by atoms with Gasteiger partial charge in [0.2, 0.25) is 23.2 Å². The van der Waals surface area contributed by atoms with Gasteiger partial charge in [0, 0.05) is 81.2 Å². The smallest absolute Gasteiger partial charge is 0.230 e. The first-order valence-corrected chi connectivity index (χ1v) is 35.0. The first-order valence-electron chi connectivity index (χ1n) is 35.0. The second-order valence-electron chi connectivity index (χ2n) is 34.4. The van der Waals surface area contributed by atoms with Gasteiger partial charge in [-0.3, -0.25) is 14.4 Å². The molecule has 8 heteroatoms. The molecule has 0 radical (unpaired) electrons. The highest BCUT2D eigenvalue weighted by Gasteiger charge is 2.39. The maximum absolute atomic E-state index is 15.4. The molecule has 6 unspecified atom stereocenters. The van der Waals surface area contributed by atoms with Gasteiger partial charge in [0.1, 0.15) is 0 Å². The van der Waals surface area contributed by atoms with Crippen LogP contribution in [0.2, 0.25) is 0 Å². The van der Waals surface area contributed by atoms with Gasteiger partial charge in [-0.15, -0.1) is 0 Å². The van der Waals surface area contributed by atoms with Crippen molar-refractivity contribution >= 4 is 73.2 Å². The number of Topliss-reactive ketones (excluding diaryl/α,β-unsaturated/α-hetero) is 1. The van der Waals surface area contributed by atoms with E-state index in [4.69, 9.17) is 0 Å². The van der Waals surface area contributed by atoms with Crippen molar-refractivity contribution in [3.8, 4) is 0 Å². The Morgan fingerprint density at radius 2 is 0.989 bits per heavy atom. The molecule has 2 aliphatic carbocycles. The molecule has 0 aromatic heterocycles. The van der Waals surface area contributed by atoms with Crippen LogP contribution in [0.3, 0.4) is 0 Å². The molecule has 5 aromatic carbocycles. The Bertz CT molecular complexity index is 3610. The molecule has 0 saturated heterocycles. The van der Waals surface area contributed by atoms with Crippen LogP contribution in [-0.4, -0.2) is 41.0 Å². The summed E-state index contributed by atoms with van der Waals surface area (Å²) in [5.74, 6) is 1.28. The Morgan fingerprint density at radius 1 is 0.522 bits per heavy atom. The van der Waals surface area contributed by atoms with Crippen molar-refractivity contribution in [2.24, 2.45) is 68.0 Å². The van der Waals surface area contributed by atoms with Crippen LogP contribution < -0.4 is 20.6 Å². The molecule has 0 saturated carbocycles. The quantitative estimate of drug-likeness (QED) is 0.0424. The SMILES string of the molecule is CCC(C)(C)C(=O)NC1=CC(=[N+](CC(CCC(C)CC(C)(C)C)C(C)CC(C)(C)C)c2ccc3ccccc3c2)C=C/C1=C1\C(=O)C(c2ccc(N(CC(CCC(C)CC(C)(C)C)C(C)CC(C)(C)C)c3ccc4ccccc4c3)cc2NC(=O)C(C)(C)CC)=C1[O-]. The molecule has 0 aliphatic heterocycles. The maximum Gasteiger partial charge on any atom is 0.230 e. The van der Waals surface area contributed by atoms with Gasteiger partial charge in [-0.25, -0.2) is 0 Å². The molecule has 7 rings (SSSR count). The van der Waals surface area contributed by atoms with Crippen molar-refractivity contribution in [1.82, 2.24) is 5.32 Å². The van der Waals surface area contributed by atoms with Crippen molar-refractivity contribution < 1.29 is 24.1 Å². The van der Waals surface area contributed by atoms with Crippen LogP contribution in [0.25, 0.3) is 27.1 Å². The van der Waals surface area contributed by atoms with E-state index in [-0.39, 0.29) is 44.6 Å². The zero-order valence-corrected chi connectivity index (χ0v) is 61.0. The van der Waals surface area contributed by atoms with Crippen LogP contribution >= 0.6 is 0 Å². The molecular weight excluding hydrogens is 1130 g/mol. The van der Waals surface area contributed by atoms with Gasteiger partial charge in [-0.2, -0.15) is 4.58 Å². The second-order valence-corrected chi connectivity index (χ2v) is 34.4. The van der Waals surface area contributed by atoms with Crippen LogP contribution in [0, 0.1) is 68.0 Å². The Labute approximate surface area is 557 Å². The zero-order chi connectivity index (χ0) is 68.1. The number of benzene rings is 5. The molecule has 5 aromatic rings. The molecule has 0 heterocycles. The lowest BCUT2D eigenvalue weighted by Crippen LogP contribution is -2.39. The lowest BCUT2D eigenvalue weighted by atomic mass is 9.76. The largest absolute Gasteiger partial charge is 0.871 e. The zero-order valence-electron chi connectivity index (χ0n) is 61.0. The fraction of sp³-hybridized carbons (Fsp3) is 0.548. The summed E-state index contributed by atoms with van der Waals surface area (Å²) < 4.78 is 2.40. The number of carbonyl (C=O) groups is 3. The minimum absolute atomic E-state index is 0.0160. The van der Waals surface area contributed by atoms with Crippen LogP contribution in [0.1, 0.15) is 222 Å². The summed E-state index contributed by atoms with van der Waals surface area (Å²) in [6.45, 7) is 50.8. The Kier molecular flexibility index (Phi) is 23.3. The van der Waals surface area contributed by atoms with Crippen LogP contribution in [-0.2, 0) is 14.4 Å². The second kappa shape index (κ2) is 29.4. The molecule has 92 heavy (non-hydrogen) atoms. The molecule has 2 aliphatic rings. The predicted molar refractivity (Wildman–Crippen MR) is 391 cm³/mol. The van der Waals surface area contributed by atoms with E-state index in [0.717, 1.165) is 109 Å². The number of nitrogens with one attached hydrogen (secondary N) is 2. The highest BCUT2D eigenvalue weighted by atomic mass is 16.3. The average Bonchev–Trinajstić information content (AvgIpc) is 0.733. The van der Waals surface area contributed by atoms with Crippen molar-refractivity contribution in [3.63, 3.8) is 0 Å². The molecule has 8 nitrogen and oxygen atoms in total. The fourth-order valence-corrected chi connectivity index (χ4v) is 14.4. The van der Waals surface area contributed by atoms with Crippen LogP contribution in [0.5, 0.6) is 0 Å². The molecule has 498 valence electrons. The third-order valence-electron chi connectivity index (χ3n) is 20.0. The Hall–Kier alpha value is -6.54. The van der Waals surface area contributed by atoms with Crippen LogP contribution in [0.4, 0.5) is 22.7 Å². The van der Waals surface area contributed by atoms with E-state index in [0.29, 0.717) is 70.9 Å². The molecule has 2 N–H and O–H groups in total. The first kappa shape index (κ1) is 72.9. The molecule has 0 spiro atoms. The van der Waals surface area contributed by atoms with Crippen molar-refractivity contribution in [2.45, 2.75) is 217 Å². The van der Waals surface area contributed by atoms with Gasteiger partial charge in [-0.1, -0.05) is 232 Å². The number of amides is 2. The van der Waals surface area contributed by atoms with Gasteiger partial charge >= 0.3 is 0 Å². The molecule has 2 amide bonds. The summed E-state index contributed by atoms with van der Waals surface area (Å²) in [6, 6.07) is 36.1. The van der Waals surface area contributed by atoms with Gasteiger partial charge in [-0.05, 0) is 161 Å². The summed E-state index contributed by atoms with van der Waals surface area (Å²) in [7, 11) is 0. The standard InChI is InChI=1S/C84H118N4O4/c1-23-83(19,20)77(91)85-71-47-67(87(65-39-37-59-29-25-27-31-61(59)45-65)53-63(57(5)51-81(13,14)15)35-33-55(3)49-79(7,8)9)41-43-69(71)73-75(89)74(76(73)90)70-44-42-68(48-72(70)86-78(92)84(21,22)24-2)88(66-40-38-60-30-26-28-32-62(60)46-66)54-64(58(6)52-82(16,17)18)36-34-56(4)50-80(10,11)12/h25-32,37-48,55-58,63-64H,23-24,33-36,49-54H2,1-22H3,(H2,85,86,89,90,91,92). The number of carbonyl (C=O) groups excluding carboxylic acids is 3.